The molecule has 5 heteroatoms. The van der Waals surface area contributed by atoms with Crippen LogP contribution >= 0.6 is 0 Å². The predicted molar refractivity (Wildman–Crippen MR) is 206 cm³/mol. The molecule has 0 radical (unpaired) electrons. The van der Waals surface area contributed by atoms with Gasteiger partial charge in [0.05, 0.1) is 45.7 Å². The summed E-state index contributed by atoms with van der Waals surface area (Å²) >= 11 is 0. The Labute approximate surface area is 296 Å². The maximum absolute atomic E-state index is 10.2. The van der Waals surface area contributed by atoms with Crippen LogP contribution in [0, 0.1) is 22.7 Å². The number of pyridine rings is 1. The van der Waals surface area contributed by atoms with E-state index in [-0.39, 0.29) is 5.41 Å². The number of fused-ring (bicyclic) bond motifs is 5. The van der Waals surface area contributed by atoms with Crippen molar-refractivity contribution in [2.45, 2.75) is 19.3 Å². The Morgan fingerprint density at radius 3 is 1.96 bits per heavy atom. The third-order valence-electron chi connectivity index (χ3n) is 10.3. The Morgan fingerprint density at radius 1 is 0.569 bits per heavy atom. The molecule has 0 fully saturated rings. The Balaban J connectivity index is 1.37. The maximum atomic E-state index is 10.2. The molecule has 1 aliphatic heterocycles. The number of hydrogen-bond acceptors (Lipinski definition) is 4. The summed E-state index contributed by atoms with van der Waals surface area (Å²) in [6.07, 6.45) is 3.80. The molecule has 0 atom stereocenters. The number of anilines is 3. The molecule has 3 heterocycles. The Morgan fingerprint density at radius 2 is 1.22 bits per heavy atom. The van der Waals surface area contributed by atoms with Crippen LogP contribution < -0.4 is 4.90 Å². The number of rotatable bonds is 4. The second-order valence-electron chi connectivity index (χ2n) is 13.5. The van der Waals surface area contributed by atoms with E-state index in [0.717, 1.165) is 66.8 Å². The summed E-state index contributed by atoms with van der Waals surface area (Å²) < 4.78 is 2.33. The number of nitrogens with zero attached hydrogens (tertiary/aromatic N) is 5. The molecule has 51 heavy (non-hydrogen) atoms. The fourth-order valence-electron chi connectivity index (χ4n) is 7.96. The average molecular weight is 654 g/mol. The van der Waals surface area contributed by atoms with Crippen LogP contribution in [0.3, 0.4) is 0 Å². The largest absolute Gasteiger partial charge is 0.310 e. The van der Waals surface area contributed by atoms with E-state index in [0.29, 0.717) is 11.1 Å². The van der Waals surface area contributed by atoms with Crippen molar-refractivity contribution in [1.82, 2.24) is 9.55 Å². The van der Waals surface area contributed by atoms with Gasteiger partial charge in [-0.1, -0.05) is 98.8 Å². The van der Waals surface area contributed by atoms with E-state index in [2.05, 4.69) is 150 Å². The van der Waals surface area contributed by atoms with E-state index in [1.807, 2.05) is 30.6 Å². The van der Waals surface area contributed by atoms with Gasteiger partial charge in [-0.2, -0.15) is 10.5 Å². The molecule has 0 N–H and O–H groups in total. The van der Waals surface area contributed by atoms with Crippen LogP contribution in [0.15, 0.2) is 152 Å². The number of benzene rings is 6. The molecule has 0 saturated heterocycles. The third-order valence-corrected chi connectivity index (χ3v) is 10.3. The predicted octanol–water partition coefficient (Wildman–Crippen LogP) is 11.4. The summed E-state index contributed by atoms with van der Waals surface area (Å²) in [7, 11) is 0. The lowest BCUT2D eigenvalue weighted by Gasteiger charge is -2.42. The molecule has 6 aromatic carbocycles. The first-order chi connectivity index (χ1) is 25.0. The van der Waals surface area contributed by atoms with E-state index in [1.54, 1.807) is 12.1 Å². The zero-order chi connectivity index (χ0) is 34.7. The Bertz CT molecular complexity index is 2670. The fourth-order valence-corrected chi connectivity index (χ4v) is 7.96. The van der Waals surface area contributed by atoms with Gasteiger partial charge in [0.15, 0.2) is 0 Å². The van der Waals surface area contributed by atoms with Gasteiger partial charge in [-0.3, -0.25) is 4.98 Å². The van der Waals surface area contributed by atoms with Gasteiger partial charge in [0.25, 0.3) is 0 Å². The molecule has 0 saturated carbocycles. The van der Waals surface area contributed by atoms with Crippen molar-refractivity contribution in [2.75, 3.05) is 4.90 Å². The van der Waals surface area contributed by atoms with Crippen LogP contribution in [-0.4, -0.2) is 9.55 Å². The first kappa shape index (κ1) is 30.1. The normalized spacial score (nSPS) is 13.0. The van der Waals surface area contributed by atoms with Crippen molar-refractivity contribution in [3.05, 3.63) is 174 Å². The highest BCUT2D eigenvalue weighted by atomic mass is 15.2. The lowest BCUT2D eigenvalue weighted by Crippen LogP contribution is -2.30. The minimum absolute atomic E-state index is 0.195. The van der Waals surface area contributed by atoms with Gasteiger partial charge in [-0.25, -0.2) is 0 Å². The molecule has 0 bridgehead atoms. The number of nitriles is 2. The van der Waals surface area contributed by atoms with Crippen molar-refractivity contribution in [2.24, 2.45) is 0 Å². The molecule has 9 rings (SSSR count). The second kappa shape index (κ2) is 11.6. The molecular formula is C46H31N5. The van der Waals surface area contributed by atoms with Crippen LogP contribution in [-0.2, 0) is 5.41 Å². The van der Waals surface area contributed by atoms with Crippen LogP contribution in [0.4, 0.5) is 17.1 Å². The third kappa shape index (κ3) is 4.64. The van der Waals surface area contributed by atoms with Gasteiger partial charge >= 0.3 is 0 Å². The molecule has 0 spiro atoms. The van der Waals surface area contributed by atoms with E-state index >= 15 is 0 Å². The van der Waals surface area contributed by atoms with Crippen molar-refractivity contribution < 1.29 is 0 Å². The fraction of sp³-hybridized carbons (Fsp3) is 0.0652. The van der Waals surface area contributed by atoms with Gasteiger partial charge in [0, 0.05) is 45.5 Å². The van der Waals surface area contributed by atoms with Crippen LogP contribution in [0.2, 0.25) is 0 Å². The molecule has 2 aromatic heterocycles. The minimum atomic E-state index is -0.195. The maximum Gasteiger partial charge on any atom is 0.0998 e. The zero-order valence-electron chi connectivity index (χ0n) is 28.2. The number of para-hydroxylation sites is 3. The summed E-state index contributed by atoms with van der Waals surface area (Å²) in [5, 5.41) is 22.0. The minimum Gasteiger partial charge on any atom is -0.310 e. The topological polar surface area (TPSA) is 68.6 Å². The van der Waals surface area contributed by atoms with Gasteiger partial charge in [-0.05, 0) is 82.4 Å². The zero-order valence-corrected chi connectivity index (χ0v) is 28.2. The van der Waals surface area contributed by atoms with E-state index in [4.69, 9.17) is 0 Å². The first-order valence-corrected chi connectivity index (χ1v) is 17.0. The molecule has 240 valence electrons. The molecule has 0 unspecified atom stereocenters. The molecule has 1 aliphatic rings. The number of hydrogen-bond donors (Lipinski definition) is 0. The van der Waals surface area contributed by atoms with Crippen LogP contribution in [0.25, 0.3) is 49.7 Å². The summed E-state index contributed by atoms with van der Waals surface area (Å²) in [4.78, 5) is 6.89. The Kier molecular flexibility index (Phi) is 6.85. The lowest BCUT2D eigenvalue weighted by atomic mass is 9.73. The summed E-state index contributed by atoms with van der Waals surface area (Å²) in [6, 6.07) is 52.8. The van der Waals surface area contributed by atoms with E-state index in [9.17, 15) is 10.5 Å². The highest BCUT2D eigenvalue weighted by Gasteiger charge is 2.36. The Hall–Kier alpha value is -6.95. The van der Waals surface area contributed by atoms with Crippen molar-refractivity contribution in [1.29, 1.82) is 10.5 Å². The standard InChI is InChI=1S/C46H31N5/c1-46(2)40-14-6-9-17-44(40)51(45-18-10-7-15-41(45)46)34-25-31(35-11-3-4-12-37(35)36-20-19-30(27-47)23-32(36)28-48)24-33(26-34)50-42-16-8-5-13-38(42)39-29-49-22-21-43(39)50/h3-26,29H,1-2H3. The van der Waals surface area contributed by atoms with Gasteiger partial charge < -0.3 is 9.47 Å². The van der Waals surface area contributed by atoms with E-state index in [1.165, 1.54) is 11.1 Å². The molecular weight excluding hydrogens is 623 g/mol. The monoisotopic (exact) mass is 653 g/mol. The number of aromatic nitrogens is 2. The summed E-state index contributed by atoms with van der Waals surface area (Å²) in [5.74, 6) is 0. The van der Waals surface area contributed by atoms with Crippen molar-refractivity contribution in [3.8, 4) is 40.1 Å². The van der Waals surface area contributed by atoms with Gasteiger partial charge in [-0.15, -0.1) is 0 Å². The van der Waals surface area contributed by atoms with Gasteiger partial charge in [0.1, 0.15) is 0 Å². The summed E-state index contributed by atoms with van der Waals surface area (Å²) in [6.45, 7) is 4.60. The van der Waals surface area contributed by atoms with Gasteiger partial charge in [0.2, 0.25) is 0 Å². The highest BCUT2D eigenvalue weighted by Crippen LogP contribution is 2.52. The average Bonchev–Trinajstić information content (AvgIpc) is 3.52. The van der Waals surface area contributed by atoms with E-state index < -0.39 is 0 Å². The highest BCUT2D eigenvalue weighted by molar-refractivity contribution is 6.09. The molecule has 8 aromatic rings. The molecule has 5 nitrogen and oxygen atoms in total. The van der Waals surface area contributed by atoms with Crippen LogP contribution in [0.5, 0.6) is 0 Å². The molecule has 0 aliphatic carbocycles. The quantitative estimate of drug-likeness (QED) is 0.190. The molecule has 0 amide bonds. The first-order valence-electron chi connectivity index (χ1n) is 17.0. The van der Waals surface area contributed by atoms with Crippen LogP contribution in [0.1, 0.15) is 36.1 Å². The summed E-state index contributed by atoms with van der Waals surface area (Å²) in [5.41, 5.74) is 13.4. The van der Waals surface area contributed by atoms with Crippen molar-refractivity contribution >= 4 is 38.9 Å². The van der Waals surface area contributed by atoms with Crippen molar-refractivity contribution in [3.63, 3.8) is 0 Å². The lowest BCUT2D eigenvalue weighted by molar-refractivity contribution is 0.632. The SMILES string of the molecule is CC1(C)c2ccccc2N(c2cc(-c3ccccc3-c3ccc(C#N)cc3C#N)cc(-n3c4ccccc4c4cnccc43)c2)c2ccccc21. The smallest absolute Gasteiger partial charge is 0.0998 e. The second-order valence-corrected chi connectivity index (χ2v) is 13.5.